The number of aromatic nitrogens is 2. The molecule has 0 aliphatic heterocycles. The van der Waals surface area contributed by atoms with Gasteiger partial charge in [0.05, 0.1) is 4.88 Å². The Morgan fingerprint density at radius 2 is 2.21 bits per heavy atom. The first-order valence-corrected chi connectivity index (χ1v) is 9.28. The van der Waals surface area contributed by atoms with Crippen LogP contribution in [-0.4, -0.2) is 16.0 Å². The molecule has 2 heterocycles. The molecule has 0 unspecified atom stereocenters. The van der Waals surface area contributed by atoms with E-state index in [0.29, 0.717) is 23.0 Å². The second kappa shape index (κ2) is 6.31. The van der Waals surface area contributed by atoms with E-state index in [2.05, 4.69) is 42.3 Å². The molecule has 0 fully saturated rings. The summed E-state index contributed by atoms with van der Waals surface area (Å²) in [6.07, 6.45) is 3.35. The Labute approximate surface area is 146 Å². The van der Waals surface area contributed by atoms with Gasteiger partial charge in [0.2, 0.25) is 5.89 Å². The van der Waals surface area contributed by atoms with Gasteiger partial charge in [-0.05, 0) is 56.1 Å². The third-order valence-electron chi connectivity index (χ3n) is 4.79. The summed E-state index contributed by atoms with van der Waals surface area (Å²) >= 11 is 1.62. The number of nitrogens with zero attached hydrogens (tertiary/aromatic N) is 2. The Bertz CT molecular complexity index is 742. The normalized spacial score (nSPS) is 19.0. The number of fused-ring (bicyclic) bond motifs is 1. The molecule has 1 amide bonds. The Kier molecular flexibility index (Phi) is 4.51. The molecule has 1 aliphatic rings. The third-order valence-corrected chi connectivity index (χ3v) is 6.03. The number of aryl methyl sites for hydroxylation is 2. The van der Waals surface area contributed by atoms with Gasteiger partial charge < -0.3 is 9.84 Å². The van der Waals surface area contributed by atoms with Crippen molar-refractivity contribution in [2.45, 2.75) is 59.9 Å². The molecule has 24 heavy (non-hydrogen) atoms. The van der Waals surface area contributed by atoms with Gasteiger partial charge in [-0.2, -0.15) is 4.98 Å². The molecule has 1 aliphatic carbocycles. The molecule has 0 radical (unpaired) electrons. The van der Waals surface area contributed by atoms with E-state index in [4.69, 9.17) is 4.52 Å². The van der Waals surface area contributed by atoms with Crippen LogP contribution < -0.4 is 5.32 Å². The van der Waals surface area contributed by atoms with Gasteiger partial charge in [0.25, 0.3) is 5.91 Å². The maximum absolute atomic E-state index is 12.5. The number of hydrogen-bond donors (Lipinski definition) is 1. The van der Waals surface area contributed by atoms with Crippen molar-refractivity contribution in [2.24, 2.45) is 11.3 Å². The van der Waals surface area contributed by atoms with Gasteiger partial charge in [-0.25, -0.2) is 0 Å². The van der Waals surface area contributed by atoms with Crippen LogP contribution in [0.3, 0.4) is 0 Å². The Morgan fingerprint density at radius 1 is 1.46 bits per heavy atom. The summed E-state index contributed by atoms with van der Waals surface area (Å²) in [4.78, 5) is 18.8. The first-order chi connectivity index (χ1) is 11.2. The molecule has 0 bridgehead atoms. The van der Waals surface area contributed by atoms with Crippen molar-refractivity contribution in [1.29, 1.82) is 0 Å². The van der Waals surface area contributed by atoms with Crippen molar-refractivity contribution in [3.05, 3.63) is 33.1 Å². The van der Waals surface area contributed by atoms with Crippen LogP contribution in [-0.2, 0) is 12.8 Å². The minimum atomic E-state index is -0.292. The lowest BCUT2D eigenvalue weighted by Crippen LogP contribution is -2.26. The van der Waals surface area contributed by atoms with Crippen molar-refractivity contribution in [1.82, 2.24) is 15.5 Å². The summed E-state index contributed by atoms with van der Waals surface area (Å²) in [6, 6.07) is 1.78. The summed E-state index contributed by atoms with van der Waals surface area (Å²) in [5.41, 5.74) is 1.66. The van der Waals surface area contributed by atoms with Gasteiger partial charge in [0, 0.05) is 4.88 Å². The van der Waals surface area contributed by atoms with E-state index in [-0.39, 0.29) is 11.9 Å². The average Bonchev–Trinajstić information content (AvgIpc) is 3.11. The smallest absolute Gasteiger partial charge is 0.262 e. The van der Waals surface area contributed by atoms with Gasteiger partial charge in [-0.3, -0.25) is 4.79 Å². The van der Waals surface area contributed by atoms with E-state index in [1.165, 1.54) is 16.9 Å². The number of hydrogen-bond acceptors (Lipinski definition) is 5. The number of thiophene rings is 1. The van der Waals surface area contributed by atoms with Crippen LogP contribution >= 0.6 is 11.3 Å². The Balaban J connectivity index is 1.70. The van der Waals surface area contributed by atoms with E-state index in [1.54, 1.807) is 18.3 Å². The fraction of sp³-hybridized carbons (Fsp3) is 0.611. The van der Waals surface area contributed by atoms with E-state index in [1.807, 2.05) is 6.92 Å². The van der Waals surface area contributed by atoms with Crippen molar-refractivity contribution >= 4 is 17.2 Å². The van der Waals surface area contributed by atoms with Crippen LogP contribution in [0.2, 0.25) is 0 Å². The first kappa shape index (κ1) is 17.1. The summed E-state index contributed by atoms with van der Waals surface area (Å²) in [5.74, 6) is 1.63. The van der Waals surface area contributed by atoms with E-state index >= 15 is 0 Å². The predicted octanol–water partition coefficient (Wildman–Crippen LogP) is 4.08. The number of nitrogens with one attached hydrogen (secondary N) is 1. The van der Waals surface area contributed by atoms with Crippen LogP contribution in [0.4, 0.5) is 0 Å². The highest BCUT2D eigenvalue weighted by atomic mass is 32.1. The van der Waals surface area contributed by atoms with Gasteiger partial charge in [0.1, 0.15) is 6.04 Å². The maximum atomic E-state index is 12.5. The largest absolute Gasteiger partial charge is 0.340 e. The molecule has 2 atom stereocenters. The molecule has 0 aromatic carbocycles. The lowest BCUT2D eigenvalue weighted by Gasteiger charge is -2.33. The second-order valence-corrected chi connectivity index (χ2v) is 8.88. The molecular formula is C18H25N3O2S. The number of carbonyl (C=O) groups is 1. The lowest BCUT2D eigenvalue weighted by atomic mass is 9.72. The highest BCUT2D eigenvalue weighted by molar-refractivity contribution is 7.14. The Morgan fingerprint density at radius 3 is 2.83 bits per heavy atom. The molecule has 3 rings (SSSR count). The zero-order valence-corrected chi connectivity index (χ0v) is 15.8. The van der Waals surface area contributed by atoms with E-state index in [0.717, 1.165) is 17.7 Å². The molecular weight excluding hydrogens is 322 g/mol. The molecule has 1 N–H and O–H groups in total. The van der Waals surface area contributed by atoms with Crippen molar-refractivity contribution < 1.29 is 9.32 Å². The zero-order chi connectivity index (χ0) is 17.5. The van der Waals surface area contributed by atoms with Gasteiger partial charge in [-0.15, -0.1) is 11.3 Å². The number of rotatable bonds is 3. The van der Waals surface area contributed by atoms with Gasteiger partial charge >= 0.3 is 0 Å². The maximum Gasteiger partial charge on any atom is 0.262 e. The minimum absolute atomic E-state index is 0.0648. The number of carbonyl (C=O) groups excluding carboxylic acids is 1. The van der Waals surface area contributed by atoms with Crippen LogP contribution in [0.5, 0.6) is 0 Å². The fourth-order valence-electron chi connectivity index (χ4n) is 3.19. The standard InChI is InChI=1S/C18H25N3O2S/c1-10(17-20-11(2)21-23-17)19-16(22)15-9-12-8-13(18(3,4)5)6-7-14(12)24-15/h9-10,13H,6-8H2,1-5H3,(H,19,22)/t10-,13+/m1/s1. The zero-order valence-electron chi connectivity index (χ0n) is 15.0. The van der Waals surface area contributed by atoms with Crippen LogP contribution in [0, 0.1) is 18.3 Å². The van der Waals surface area contributed by atoms with Crippen molar-refractivity contribution in [3.63, 3.8) is 0 Å². The number of amides is 1. The first-order valence-electron chi connectivity index (χ1n) is 8.46. The van der Waals surface area contributed by atoms with E-state index in [9.17, 15) is 4.79 Å². The molecule has 2 aromatic heterocycles. The highest BCUT2D eigenvalue weighted by Crippen LogP contribution is 2.40. The van der Waals surface area contributed by atoms with E-state index < -0.39 is 0 Å². The minimum Gasteiger partial charge on any atom is -0.340 e. The predicted molar refractivity (Wildman–Crippen MR) is 94.2 cm³/mol. The molecule has 5 nitrogen and oxygen atoms in total. The molecule has 6 heteroatoms. The van der Waals surface area contributed by atoms with Gasteiger partial charge in [-0.1, -0.05) is 25.9 Å². The van der Waals surface area contributed by atoms with Crippen LogP contribution in [0.15, 0.2) is 10.6 Å². The molecule has 2 aromatic rings. The third kappa shape index (κ3) is 3.53. The molecule has 0 spiro atoms. The lowest BCUT2D eigenvalue weighted by molar-refractivity contribution is 0.0936. The second-order valence-electron chi connectivity index (χ2n) is 7.74. The van der Waals surface area contributed by atoms with Gasteiger partial charge in [0.15, 0.2) is 5.82 Å². The summed E-state index contributed by atoms with van der Waals surface area (Å²) in [7, 11) is 0. The van der Waals surface area contributed by atoms with Crippen molar-refractivity contribution in [3.8, 4) is 0 Å². The quantitative estimate of drug-likeness (QED) is 0.908. The Hall–Kier alpha value is -1.69. The summed E-state index contributed by atoms with van der Waals surface area (Å²) in [6.45, 7) is 10.5. The summed E-state index contributed by atoms with van der Waals surface area (Å²) in [5, 5.41) is 6.72. The van der Waals surface area contributed by atoms with Crippen LogP contribution in [0.1, 0.15) is 72.0 Å². The summed E-state index contributed by atoms with van der Waals surface area (Å²) < 4.78 is 5.12. The highest BCUT2D eigenvalue weighted by Gasteiger charge is 2.30. The van der Waals surface area contributed by atoms with Crippen LogP contribution in [0.25, 0.3) is 0 Å². The monoisotopic (exact) mass is 347 g/mol. The molecule has 0 saturated heterocycles. The fourth-order valence-corrected chi connectivity index (χ4v) is 4.30. The molecule has 130 valence electrons. The molecule has 0 saturated carbocycles. The topological polar surface area (TPSA) is 68.0 Å². The SMILES string of the molecule is Cc1noc([C@@H](C)NC(=O)c2cc3c(s2)CC[C@H](C(C)(C)C)C3)n1. The average molecular weight is 347 g/mol. The van der Waals surface area contributed by atoms with Crippen molar-refractivity contribution in [2.75, 3.05) is 0 Å².